The van der Waals surface area contributed by atoms with E-state index in [9.17, 15) is 0 Å². The van der Waals surface area contributed by atoms with Gasteiger partial charge in [-0.15, -0.1) is 0 Å². The van der Waals surface area contributed by atoms with E-state index >= 15 is 0 Å². The monoisotopic (exact) mass is 303 g/mol. The molecule has 1 saturated carbocycles. The zero-order valence-corrected chi connectivity index (χ0v) is 14.0. The van der Waals surface area contributed by atoms with Gasteiger partial charge in [-0.1, -0.05) is 6.92 Å². The second-order valence-electron chi connectivity index (χ2n) is 8.02. The molecule has 3 aliphatic rings. The summed E-state index contributed by atoms with van der Waals surface area (Å²) in [6.07, 6.45) is 11.3. The zero-order valence-electron chi connectivity index (χ0n) is 14.0. The molecule has 4 heteroatoms. The van der Waals surface area contributed by atoms with E-state index in [2.05, 4.69) is 23.1 Å². The van der Waals surface area contributed by atoms with Crippen LogP contribution in [0, 0.1) is 17.3 Å². The van der Waals surface area contributed by atoms with Crippen molar-refractivity contribution in [2.75, 3.05) is 26.2 Å². The van der Waals surface area contributed by atoms with E-state index in [4.69, 9.17) is 4.74 Å². The Kier molecular flexibility index (Phi) is 3.77. The highest BCUT2D eigenvalue weighted by molar-refractivity contribution is 5.11. The SMILES string of the molecule is Cn1cc([C@@H]2OCC[C@H]2CN2CCC(C)(C3CC3)CC2)cn1. The number of hydrogen-bond acceptors (Lipinski definition) is 3. The maximum atomic E-state index is 6.02. The smallest absolute Gasteiger partial charge is 0.0896 e. The van der Waals surface area contributed by atoms with Crippen LogP contribution < -0.4 is 0 Å². The molecule has 0 unspecified atom stereocenters. The first kappa shape index (κ1) is 14.7. The summed E-state index contributed by atoms with van der Waals surface area (Å²) in [6.45, 7) is 7.18. The lowest BCUT2D eigenvalue weighted by atomic mass is 9.76. The van der Waals surface area contributed by atoms with Crippen LogP contribution >= 0.6 is 0 Å². The summed E-state index contributed by atoms with van der Waals surface area (Å²) in [5.41, 5.74) is 1.90. The minimum Gasteiger partial charge on any atom is -0.373 e. The first-order valence-corrected chi connectivity index (χ1v) is 8.96. The Bertz CT molecular complexity index is 514. The molecule has 122 valence electrons. The van der Waals surface area contributed by atoms with Gasteiger partial charge in [0.2, 0.25) is 0 Å². The van der Waals surface area contributed by atoms with Crippen LogP contribution in [-0.2, 0) is 11.8 Å². The Hall–Kier alpha value is -0.870. The first-order chi connectivity index (χ1) is 10.6. The number of hydrogen-bond donors (Lipinski definition) is 0. The van der Waals surface area contributed by atoms with Crippen LogP contribution in [0.4, 0.5) is 0 Å². The van der Waals surface area contributed by atoms with E-state index in [1.54, 1.807) is 0 Å². The molecule has 0 bridgehead atoms. The molecule has 2 atom stereocenters. The second kappa shape index (κ2) is 5.64. The maximum Gasteiger partial charge on any atom is 0.0896 e. The molecular weight excluding hydrogens is 274 g/mol. The van der Waals surface area contributed by atoms with Crippen molar-refractivity contribution in [3.63, 3.8) is 0 Å². The maximum absolute atomic E-state index is 6.02. The van der Waals surface area contributed by atoms with Crippen LogP contribution in [0.5, 0.6) is 0 Å². The number of aromatic nitrogens is 2. The van der Waals surface area contributed by atoms with Gasteiger partial charge >= 0.3 is 0 Å². The molecule has 1 aliphatic carbocycles. The predicted molar refractivity (Wildman–Crippen MR) is 86.5 cm³/mol. The summed E-state index contributed by atoms with van der Waals surface area (Å²) in [7, 11) is 1.98. The molecule has 0 aromatic carbocycles. The number of nitrogens with zero attached hydrogens (tertiary/aromatic N) is 3. The van der Waals surface area contributed by atoms with Crippen molar-refractivity contribution in [2.45, 2.75) is 45.1 Å². The summed E-state index contributed by atoms with van der Waals surface area (Å²) in [4.78, 5) is 2.69. The largest absolute Gasteiger partial charge is 0.373 e. The summed E-state index contributed by atoms with van der Waals surface area (Å²) in [6, 6.07) is 0. The quantitative estimate of drug-likeness (QED) is 0.856. The number of aryl methyl sites for hydroxylation is 1. The molecule has 0 spiro atoms. The molecule has 1 aromatic rings. The Balaban J connectivity index is 1.35. The normalized spacial score (nSPS) is 32.5. The van der Waals surface area contributed by atoms with Gasteiger partial charge in [0.15, 0.2) is 0 Å². The number of rotatable bonds is 4. The standard InChI is InChI=1S/C18H29N3O/c1-18(16-3-4-16)6-8-21(9-7-18)13-14-5-10-22-17(14)15-11-19-20(2)12-15/h11-12,14,16-17H,3-10,13H2,1-2H3/t14-,17+/m0/s1. The van der Waals surface area contributed by atoms with Gasteiger partial charge < -0.3 is 9.64 Å². The number of piperidine rings is 1. The van der Waals surface area contributed by atoms with Gasteiger partial charge in [-0.05, 0) is 56.5 Å². The highest BCUT2D eigenvalue weighted by Crippen LogP contribution is 2.51. The fourth-order valence-corrected chi connectivity index (χ4v) is 4.54. The molecule has 3 fully saturated rings. The van der Waals surface area contributed by atoms with Crippen molar-refractivity contribution < 1.29 is 4.74 Å². The highest BCUT2D eigenvalue weighted by Gasteiger charge is 2.43. The molecule has 22 heavy (non-hydrogen) atoms. The number of ether oxygens (including phenoxy) is 1. The van der Waals surface area contributed by atoms with Gasteiger partial charge in [-0.25, -0.2) is 0 Å². The van der Waals surface area contributed by atoms with E-state index in [1.165, 1.54) is 57.3 Å². The third kappa shape index (κ3) is 2.83. The van der Waals surface area contributed by atoms with Gasteiger partial charge in [-0.2, -0.15) is 5.10 Å². The van der Waals surface area contributed by atoms with E-state index < -0.39 is 0 Å². The third-order valence-corrected chi connectivity index (χ3v) is 6.32. The van der Waals surface area contributed by atoms with Gasteiger partial charge in [0.05, 0.1) is 12.3 Å². The lowest BCUT2D eigenvalue weighted by Crippen LogP contribution is -2.42. The van der Waals surface area contributed by atoms with Crippen molar-refractivity contribution >= 4 is 0 Å². The van der Waals surface area contributed by atoms with Gasteiger partial charge in [0, 0.05) is 37.9 Å². The fraction of sp³-hybridized carbons (Fsp3) is 0.833. The lowest BCUT2D eigenvalue weighted by Gasteiger charge is -2.41. The molecule has 0 N–H and O–H groups in total. The zero-order chi connectivity index (χ0) is 15.2. The molecule has 1 aromatic heterocycles. The van der Waals surface area contributed by atoms with Crippen LogP contribution in [0.3, 0.4) is 0 Å². The van der Waals surface area contributed by atoms with Crippen molar-refractivity contribution in [3.05, 3.63) is 18.0 Å². The van der Waals surface area contributed by atoms with E-state index in [-0.39, 0.29) is 6.10 Å². The van der Waals surface area contributed by atoms with E-state index in [0.29, 0.717) is 11.3 Å². The Morgan fingerprint density at radius 3 is 2.68 bits per heavy atom. The van der Waals surface area contributed by atoms with Crippen molar-refractivity contribution in [1.82, 2.24) is 14.7 Å². The fourth-order valence-electron chi connectivity index (χ4n) is 4.54. The highest BCUT2D eigenvalue weighted by atomic mass is 16.5. The molecule has 4 nitrogen and oxygen atoms in total. The average Bonchev–Trinajstić information content (AvgIpc) is 3.15. The van der Waals surface area contributed by atoms with Crippen molar-refractivity contribution in [2.24, 2.45) is 24.3 Å². The average molecular weight is 303 g/mol. The Morgan fingerprint density at radius 1 is 1.27 bits per heavy atom. The van der Waals surface area contributed by atoms with E-state index in [0.717, 1.165) is 12.5 Å². The van der Waals surface area contributed by atoms with Crippen LogP contribution in [0.2, 0.25) is 0 Å². The molecule has 0 amide bonds. The van der Waals surface area contributed by atoms with Gasteiger partial charge in [-0.3, -0.25) is 4.68 Å². The number of likely N-dealkylation sites (tertiary alicyclic amines) is 1. The first-order valence-electron chi connectivity index (χ1n) is 8.96. The van der Waals surface area contributed by atoms with Crippen molar-refractivity contribution in [1.29, 1.82) is 0 Å². The van der Waals surface area contributed by atoms with Crippen LogP contribution in [0.15, 0.2) is 12.4 Å². The lowest BCUT2D eigenvalue weighted by molar-refractivity contribution is 0.0547. The minimum absolute atomic E-state index is 0.255. The Labute approximate surface area is 133 Å². The summed E-state index contributed by atoms with van der Waals surface area (Å²) in [5.74, 6) is 1.67. The van der Waals surface area contributed by atoms with Crippen LogP contribution in [-0.4, -0.2) is 40.9 Å². The predicted octanol–water partition coefficient (Wildman–Crippen LogP) is 3.01. The second-order valence-corrected chi connectivity index (χ2v) is 8.02. The van der Waals surface area contributed by atoms with Crippen LogP contribution in [0.25, 0.3) is 0 Å². The summed E-state index contributed by atoms with van der Waals surface area (Å²) < 4.78 is 7.90. The minimum atomic E-state index is 0.255. The van der Waals surface area contributed by atoms with E-state index in [1.807, 2.05) is 17.9 Å². The Morgan fingerprint density at radius 2 is 2.05 bits per heavy atom. The molecular formula is C18H29N3O. The molecule has 2 saturated heterocycles. The van der Waals surface area contributed by atoms with Crippen molar-refractivity contribution in [3.8, 4) is 0 Å². The van der Waals surface area contributed by atoms with Gasteiger partial charge in [0.1, 0.15) is 0 Å². The van der Waals surface area contributed by atoms with Crippen LogP contribution in [0.1, 0.15) is 50.7 Å². The summed E-state index contributed by atoms with van der Waals surface area (Å²) in [5, 5.41) is 4.31. The molecule has 4 rings (SSSR count). The molecule has 3 heterocycles. The summed E-state index contributed by atoms with van der Waals surface area (Å²) >= 11 is 0. The third-order valence-electron chi connectivity index (χ3n) is 6.32. The van der Waals surface area contributed by atoms with Gasteiger partial charge in [0.25, 0.3) is 0 Å². The molecule has 2 aliphatic heterocycles. The topological polar surface area (TPSA) is 30.3 Å². The molecule has 0 radical (unpaired) electrons.